The molecule has 1 aliphatic heterocycles. The molecule has 7 nitrogen and oxygen atoms in total. The lowest BCUT2D eigenvalue weighted by atomic mass is 9.86. The van der Waals surface area contributed by atoms with Crippen molar-refractivity contribution in [3.05, 3.63) is 42.1 Å². The van der Waals surface area contributed by atoms with Gasteiger partial charge in [0.1, 0.15) is 17.0 Å². The third kappa shape index (κ3) is 4.21. The van der Waals surface area contributed by atoms with Gasteiger partial charge in [0, 0.05) is 35.2 Å². The Hall–Kier alpha value is -2.74. The molecular formula is C23H27N3O4S. The Morgan fingerprint density at radius 2 is 2.00 bits per heavy atom. The van der Waals surface area contributed by atoms with E-state index in [1.165, 1.54) is 0 Å². The number of aromatic nitrogens is 3. The van der Waals surface area contributed by atoms with Crippen LogP contribution in [0.5, 0.6) is 5.75 Å². The maximum atomic E-state index is 12.9. The summed E-state index contributed by atoms with van der Waals surface area (Å²) in [5, 5.41) is 4.79. The van der Waals surface area contributed by atoms with E-state index in [-0.39, 0.29) is 29.8 Å². The Labute approximate surface area is 182 Å². The van der Waals surface area contributed by atoms with Gasteiger partial charge in [0.15, 0.2) is 15.6 Å². The number of ether oxygens (including phenoxy) is 1. The number of ketones is 1. The van der Waals surface area contributed by atoms with Crippen LogP contribution in [0.4, 0.5) is 0 Å². The molecule has 0 saturated carbocycles. The molecule has 31 heavy (non-hydrogen) atoms. The van der Waals surface area contributed by atoms with E-state index < -0.39 is 15.3 Å². The van der Waals surface area contributed by atoms with Crippen molar-refractivity contribution in [3.8, 4) is 17.0 Å². The van der Waals surface area contributed by atoms with E-state index in [2.05, 4.69) is 4.98 Å². The second kappa shape index (κ2) is 7.75. The molecule has 4 rings (SSSR count). The lowest BCUT2D eigenvalue weighted by Gasteiger charge is -2.37. The molecule has 1 aromatic carbocycles. The minimum atomic E-state index is -3.00. The Morgan fingerprint density at radius 1 is 1.26 bits per heavy atom. The summed E-state index contributed by atoms with van der Waals surface area (Å²) in [4.78, 5) is 17.5. The van der Waals surface area contributed by atoms with Crippen LogP contribution in [0.15, 0.2) is 36.5 Å². The monoisotopic (exact) mass is 441 g/mol. The quantitative estimate of drug-likeness (QED) is 0.513. The van der Waals surface area contributed by atoms with Gasteiger partial charge in [-0.05, 0) is 39.0 Å². The molecule has 1 saturated heterocycles. The molecule has 0 radical (unpaired) electrons. The highest BCUT2D eigenvalue weighted by Crippen LogP contribution is 2.37. The first-order valence-electron chi connectivity index (χ1n) is 10.5. The van der Waals surface area contributed by atoms with Gasteiger partial charge >= 0.3 is 0 Å². The maximum absolute atomic E-state index is 12.9. The summed E-state index contributed by atoms with van der Waals surface area (Å²) in [6.07, 6.45) is 1.77. The van der Waals surface area contributed by atoms with Gasteiger partial charge in [-0.2, -0.15) is 5.10 Å². The molecule has 3 heterocycles. The molecule has 8 heteroatoms. The van der Waals surface area contributed by atoms with Gasteiger partial charge in [0.25, 0.3) is 0 Å². The van der Waals surface area contributed by atoms with Crippen molar-refractivity contribution in [2.24, 2.45) is 5.41 Å². The standard InChI is InChI=1S/C23H27N3O4S/c1-5-30-18-8-6-7-16(9-18)21-22-19(26(25-21)15(2)3)10-17(12-24-22)20(27)11-23(4)13-31(28,29)14-23/h6-10,12,15H,5,11,13-14H2,1-4H3. The van der Waals surface area contributed by atoms with Crippen LogP contribution in [-0.4, -0.2) is 47.1 Å². The molecule has 1 aliphatic rings. The van der Waals surface area contributed by atoms with Crippen molar-refractivity contribution in [1.82, 2.24) is 14.8 Å². The van der Waals surface area contributed by atoms with Gasteiger partial charge in [-0.15, -0.1) is 0 Å². The van der Waals surface area contributed by atoms with Crippen LogP contribution in [0.3, 0.4) is 0 Å². The van der Waals surface area contributed by atoms with Crippen LogP contribution in [0, 0.1) is 5.41 Å². The number of hydrogen-bond donors (Lipinski definition) is 0. The third-order valence-corrected chi connectivity index (χ3v) is 7.77. The lowest BCUT2D eigenvalue weighted by molar-refractivity contribution is 0.0936. The molecule has 0 unspecified atom stereocenters. The molecule has 164 valence electrons. The topological polar surface area (TPSA) is 91.2 Å². The van der Waals surface area contributed by atoms with E-state index in [9.17, 15) is 13.2 Å². The van der Waals surface area contributed by atoms with Crippen LogP contribution in [0.25, 0.3) is 22.3 Å². The highest BCUT2D eigenvalue weighted by atomic mass is 32.2. The predicted octanol–water partition coefficient (Wildman–Crippen LogP) is 4.09. The summed E-state index contributed by atoms with van der Waals surface area (Å²) >= 11 is 0. The fraction of sp³-hybridized carbons (Fsp3) is 0.435. The van der Waals surface area contributed by atoms with Crippen LogP contribution in [0.2, 0.25) is 0 Å². The normalized spacial score (nSPS) is 16.9. The predicted molar refractivity (Wildman–Crippen MR) is 120 cm³/mol. The number of pyridine rings is 1. The number of sulfone groups is 1. The number of nitrogens with zero attached hydrogens (tertiary/aromatic N) is 3. The van der Waals surface area contributed by atoms with E-state index in [1.807, 2.05) is 62.7 Å². The van der Waals surface area contributed by atoms with Crippen molar-refractivity contribution in [1.29, 1.82) is 0 Å². The number of fused-ring (bicyclic) bond motifs is 1. The molecule has 3 aromatic rings. The van der Waals surface area contributed by atoms with E-state index in [0.717, 1.165) is 28.0 Å². The first-order chi connectivity index (χ1) is 14.6. The molecule has 0 bridgehead atoms. The molecule has 0 spiro atoms. The van der Waals surface area contributed by atoms with Gasteiger partial charge < -0.3 is 4.74 Å². The largest absolute Gasteiger partial charge is 0.494 e. The highest BCUT2D eigenvalue weighted by molar-refractivity contribution is 7.92. The van der Waals surface area contributed by atoms with Gasteiger partial charge in [-0.3, -0.25) is 14.5 Å². The van der Waals surface area contributed by atoms with Crippen LogP contribution in [0.1, 0.15) is 50.5 Å². The second-order valence-corrected chi connectivity index (χ2v) is 10.9. The SMILES string of the molecule is CCOc1cccc(-c2nn(C(C)C)c3cc(C(=O)CC4(C)CS(=O)(=O)C4)cnc23)c1. The van der Waals surface area contributed by atoms with E-state index in [1.54, 1.807) is 6.20 Å². The number of carbonyl (C=O) groups is 1. The van der Waals surface area contributed by atoms with E-state index >= 15 is 0 Å². The number of carbonyl (C=O) groups excluding carboxylic acids is 1. The summed E-state index contributed by atoms with van der Waals surface area (Å²) in [6.45, 7) is 8.42. The summed E-state index contributed by atoms with van der Waals surface area (Å²) < 4.78 is 30.6. The molecule has 0 amide bonds. The zero-order valence-corrected chi connectivity index (χ0v) is 19.1. The average molecular weight is 442 g/mol. The maximum Gasteiger partial charge on any atom is 0.165 e. The van der Waals surface area contributed by atoms with E-state index in [4.69, 9.17) is 9.84 Å². The molecular weight excluding hydrogens is 414 g/mol. The minimum absolute atomic E-state index is 0.0612. The molecule has 0 atom stereocenters. The number of rotatable bonds is 7. The Kier molecular flexibility index (Phi) is 5.37. The van der Waals surface area contributed by atoms with Crippen molar-refractivity contribution in [3.63, 3.8) is 0 Å². The van der Waals surface area contributed by atoms with Crippen LogP contribution >= 0.6 is 0 Å². The number of Topliss-reactive ketones (excluding diaryl/α,β-unsaturated/α-hetero) is 1. The first kappa shape index (κ1) is 21.5. The van der Waals surface area contributed by atoms with Crippen LogP contribution < -0.4 is 4.74 Å². The number of benzene rings is 1. The van der Waals surface area contributed by atoms with Gasteiger partial charge in [0.05, 0.1) is 23.6 Å². The van der Waals surface area contributed by atoms with Crippen molar-refractivity contribution < 1.29 is 17.9 Å². The zero-order valence-electron chi connectivity index (χ0n) is 18.3. The number of hydrogen-bond acceptors (Lipinski definition) is 6. The van der Waals surface area contributed by atoms with E-state index in [0.29, 0.717) is 12.2 Å². The van der Waals surface area contributed by atoms with Gasteiger partial charge in [-0.1, -0.05) is 19.1 Å². The Morgan fingerprint density at radius 3 is 2.65 bits per heavy atom. The lowest BCUT2D eigenvalue weighted by Crippen LogP contribution is -2.47. The molecule has 0 N–H and O–H groups in total. The van der Waals surface area contributed by atoms with Crippen molar-refractivity contribution in [2.45, 2.75) is 40.2 Å². The minimum Gasteiger partial charge on any atom is -0.494 e. The van der Waals surface area contributed by atoms with Crippen molar-refractivity contribution >= 4 is 26.7 Å². The zero-order chi connectivity index (χ0) is 22.4. The molecule has 2 aromatic heterocycles. The summed E-state index contributed by atoms with van der Waals surface area (Å²) in [5.41, 5.74) is 3.12. The Balaban J connectivity index is 1.72. The van der Waals surface area contributed by atoms with Crippen LogP contribution in [-0.2, 0) is 9.84 Å². The first-order valence-corrected chi connectivity index (χ1v) is 12.3. The fourth-order valence-electron chi connectivity index (χ4n) is 4.27. The van der Waals surface area contributed by atoms with Crippen molar-refractivity contribution in [2.75, 3.05) is 18.1 Å². The Bertz CT molecular complexity index is 1250. The molecule has 0 aliphatic carbocycles. The molecule has 1 fully saturated rings. The highest BCUT2D eigenvalue weighted by Gasteiger charge is 2.45. The smallest absolute Gasteiger partial charge is 0.165 e. The third-order valence-electron chi connectivity index (χ3n) is 5.50. The summed E-state index contributed by atoms with van der Waals surface area (Å²) in [7, 11) is -3.00. The summed E-state index contributed by atoms with van der Waals surface area (Å²) in [6, 6.07) is 9.63. The average Bonchev–Trinajstić information content (AvgIpc) is 3.05. The fourth-order valence-corrected chi connectivity index (χ4v) is 6.51. The summed E-state index contributed by atoms with van der Waals surface area (Å²) in [5.74, 6) is 0.795. The van der Waals surface area contributed by atoms with Gasteiger partial charge in [0.2, 0.25) is 0 Å². The van der Waals surface area contributed by atoms with Gasteiger partial charge in [-0.25, -0.2) is 8.42 Å². The second-order valence-electron chi connectivity index (χ2n) is 8.88.